The molecule has 0 spiro atoms. The predicted octanol–water partition coefficient (Wildman–Crippen LogP) is 4.53. The van der Waals surface area contributed by atoms with Crippen molar-refractivity contribution < 1.29 is 23.1 Å². The molecule has 0 saturated carbocycles. The molecule has 8 heteroatoms. The van der Waals surface area contributed by atoms with E-state index >= 15 is 0 Å². The number of alkyl halides is 3. The van der Waals surface area contributed by atoms with Gasteiger partial charge in [-0.2, -0.15) is 13.2 Å². The number of halogens is 3. The lowest BCUT2D eigenvalue weighted by molar-refractivity contribution is -0.137. The second-order valence-electron chi connectivity index (χ2n) is 6.17. The fourth-order valence-corrected chi connectivity index (χ4v) is 3.00. The molecular formula is C18H18F3N3O2. The van der Waals surface area contributed by atoms with Gasteiger partial charge >= 0.3 is 12.1 Å². The molecular weight excluding hydrogens is 347 g/mol. The summed E-state index contributed by atoms with van der Waals surface area (Å²) in [6, 6.07) is 4.93. The number of benzene rings is 1. The van der Waals surface area contributed by atoms with E-state index in [9.17, 15) is 18.0 Å². The topological polar surface area (TPSA) is 65.5 Å². The zero-order valence-electron chi connectivity index (χ0n) is 13.9. The average Bonchev–Trinajstić information content (AvgIpc) is 2.62. The number of carboxylic acids is 1. The fraction of sp³-hybridized carbons (Fsp3) is 0.333. The van der Waals surface area contributed by atoms with Gasteiger partial charge in [-0.1, -0.05) is 0 Å². The third kappa shape index (κ3) is 4.07. The van der Waals surface area contributed by atoms with Crippen LogP contribution in [0.5, 0.6) is 0 Å². The monoisotopic (exact) mass is 365 g/mol. The average molecular weight is 365 g/mol. The molecule has 0 atom stereocenters. The van der Waals surface area contributed by atoms with Crippen molar-refractivity contribution in [2.45, 2.75) is 25.4 Å². The van der Waals surface area contributed by atoms with Gasteiger partial charge < -0.3 is 15.3 Å². The summed E-state index contributed by atoms with van der Waals surface area (Å²) in [6.45, 7) is 1.54. The summed E-state index contributed by atoms with van der Waals surface area (Å²) >= 11 is 0. The zero-order valence-corrected chi connectivity index (χ0v) is 13.9. The molecule has 138 valence electrons. The molecule has 0 amide bonds. The molecule has 26 heavy (non-hydrogen) atoms. The third-order valence-electron chi connectivity index (χ3n) is 4.28. The van der Waals surface area contributed by atoms with Gasteiger partial charge in [0.1, 0.15) is 0 Å². The molecule has 1 fully saturated rings. The third-order valence-corrected chi connectivity index (χ3v) is 4.28. The first-order chi connectivity index (χ1) is 12.3. The Morgan fingerprint density at radius 3 is 2.50 bits per heavy atom. The lowest BCUT2D eigenvalue weighted by atomic mass is 10.1. The predicted molar refractivity (Wildman–Crippen MR) is 92.0 cm³/mol. The van der Waals surface area contributed by atoms with Crippen LogP contribution in [0.4, 0.5) is 30.2 Å². The van der Waals surface area contributed by atoms with Crippen LogP contribution < -0.4 is 10.2 Å². The number of aromatic nitrogens is 1. The highest BCUT2D eigenvalue weighted by molar-refractivity contribution is 5.89. The maximum absolute atomic E-state index is 13.1. The lowest BCUT2D eigenvalue weighted by Gasteiger charge is -2.31. The number of anilines is 3. The minimum Gasteiger partial charge on any atom is -0.478 e. The van der Waals surface area contributed by atoms with Crippen molar-refractivity contribution in [3.05, 3.63) is 47.8 Å². The van der Waals surface area contributed by atoms with E-state index in [0.717, 1.165) is 44.5 Å². The van der Waals surface area contributed by atoms with E-state index in [1.807, 2.05) is 4.90 Å². The molecule has 2 aromatic rings. The molecule has 1 aliphatic heterocycles. The quantitative estimate of drug-likeness (QED) is 0.833. The SMILES string of the molecule is O=C(O)c1cncc(Nc2cc(C(F)(F)F)ccc2N2CCCCC2)c1. The summed E-state index contributed by atoms with van der Waals surface area (Å²) in [7, 11) is 0. The number of carboxylic acid groups (broad SMARTS) is 1. The summed E-state index contributed by atoms with van der Waals surface area (Å²) in [6.07, 6.45) is 1.17. The Morgan fingerprint density at radius 1 is 1.12 bits per heavy atom. The smallest absolute Gasteiger partial charge is 0.416 e. The summed E-state index contributed by atoms with van der Waals surface area (Å²) in [5, 5.41) is 12.0. The normalized spacial score (nSPS) is 15.0. The molecule has 1 aliphatic rings. The summed E-state index contributed by atoms with van der Waals surface area (Å²) < 4.78 is 39.4. The maximum atomic E-state index is 13.1. The van der Waals surface area contributed by atoms with Crippen molar-refractivity contribution in [2.24, 2.45) is 0 Å². The second-order valence-corrected chi connectivity index (χ2v) is 6.17. The van der Waals surface area contributed by atoms with Crippen molar-refractivity contribution in [3.63, 3.8) is 0 Å². The minimum absolute atomic E-state index is 0.0403. The van der Waals surface area contributed by atoms with Crippen LogP contribution in [0.2, 0.25) is 0 Å². The first-order valence-corrected chi connectivity index (χ1v) is 8.26. The van der Waals surface area contributed by atoms with E-state index < -0.39 is 17.7 Å². The van der Waals surface area contributed by atoms with Crippen LogP contribution in [0, 0.1) is 0 Å². The van der Waals surface area contributed by atoms with E-state index in [-0.39, 0.29) is 11.3 Å². The van der Waals surface area contributed by atoms with E-state index in [1.54, 1.807) is 0 Å². The molecule has 0 bridgehead atoms. The zero-order chi connectivity index (χ0) is 18.7. The fourth-order valence-electron chi connectivity index (χ4n) is 3.00. The molecule has 1 aromatic carbocycles. The Balaban J connectivity index is 1.98. The Bertz CT molecular complexity index is 803. The number of aromatic carboxylic acids is 1. The number of nitrogens with one attached hydrogen (secondary N) is 1. The molecule has 1 saturated heterocycles. The van der Waals surface area contributed by atoms with E-state index in [0.29, 0.717) is 11.4 Å². The van der Waals surface area contributed by atoms with Crippen molar-refractivity contribution in [3.8, 4) is 0 Å². The number of hydrogen-bond acceptors (Lipinski definition) is 4. The van der Waals surface area contributed by atoms with Crippen LogP contribution in [0.3, 0.4) is 0 Å². The van der Waals surface area contributed by atoms with Gasteiger partial charge in [-0.15, -0.1) is 0 Å². The molecule has 0 unspecified atom stereocenters. The Morgan fingerprint density at radius 2 is 1.85 bits per heavy atom. The van der Waals surface area contributed by atoms with Crippen molar-refractivity contribution in [2.75, 3.05) is 23.3 Å². The Kier molecular flexibility index (Phi) is 5.01. The van der Waals surface area contributed by atoms with Gasteiger partial charge in [0.15, 0.2) is 0 Å². The van der Waals surface area contributed by atoms with Crippen LogP contribution in [0.25, 0.3) is 0 Å². The maximum Gasteiger partial charge on any atom is 0.416 e. The van der Waals surface area contributed by atoms with Gasteiger partial charge in [0, 0.05) is 19.3 Å². The van der Waals surface area contributed by atoms with Crippen molar-refractivity contribution >= 4 is 23.0 Å². The van der Waals surface area contributed by atoms with Crippen LogP contribution in [0.15, 0.2) is 36.7 Å². The highest BCUT2D eigenvalue weighted by Gasteiger charge is 2.31. The summed E-state index contributed by atoms with van der Waals surface area (Å²) in [5.41, 5.74) is 0.469. The Hall–Kier alpha value is -2.77. The van der Waals surface area contributed by atoms with Crippen LogP contribution in [0.1, 0.15) is 35.2 Å². The van der Waals surface area contributed by atoms with Crippen LogP contribution in [-0.2, 0) is 6.18 Å². The lowest BCUT2D eigenvalue weighted by Crippen LogP contribution is -2.30. The second kappa shape index (κ2) is 7.23. The highest BCUT2D eigenvalue weighted by Crippen LogP contribution is 2.37. The number of carbonyl (C=O) groups is 1. The van der Waals surface area contributed by atoms with E-state index in [1.165, 1.54) is 24.5 Å². The van der Waals surface area contributed by atoms with Gasteiger partial charge in [-0.3, -0.25) is 4.98 Å². The molecule has 0 aliphatic carbocycles. The van der Waals surface area contributed by atoms with Gasteiger partial charge in [-0.05, 0) is 43.5 Å². The van der Waals surface area contributed by atoms with Crippen molar-refractivity contribution in [1.82, 2.24) is 4.98 Å². The van der Waals surface area contributed by atoms with E-state index in [4.69, 9.17) is 5.11 Å². The first kappa shape index (κ1) is 18.0. The largest absolute Gasteiger partial charge is 0.478 e. The molecule has 2 N–H and O–H groups in total. The number of rotatable bonds is 4. The molecule has 5 nitrogen and oxygen atoms in total. The van der Waals surface area contributed by atoms with Crippen LogP contribution in [-0.4, -0.2) is 29.1 Å². The van der Waals surface area contributed by atoms with Gasteiger partial charge in [0.2, 0.25) is 0 Å². The Labute approximate surface area is 148 Å². The van der Waals surface area contributed by atoms with Gasteiger partial charge in [0.05, 0.1) is 34.4 Å². The van der Waals surface area contributed by atoms with Crippen molar-refractivity contribution in [1.29, 1.82) is 0 Å². The molecule has 1 aromatic heterocycles. The first-order valence-electron chi connectivity index (χ1n) is 8.26. The molecule has 3 rings (SSSR count). The summed E-state index contributed by atoms with van der Waals surface area (Å²) in [4.78, 5) is 17.0. The number of hydrogen-bond donors (Lipinski definition) is 2. The van der Waals surface area contributed by atoms with Gasteiger partial charge in [0.25, 0.3) is 0 Å². The number of piperidine rings is 1. The molecule has 0 radical (unpaired) electrons. The van der Waals surface area contributed by atoms with Gasteiger partial charge in [-0.25, -0.2) is 4.79 Å². The van der Waals surface area contributed by atoms with E-state index in [2.05, 4.69) is 10.3 Å². The minimum atomic E-state index is -4.46. The number of nitrogens with zero attached hydrogens (tertiary/aromatic N) is 2. The standard InChI is InChI=1S/C18H18F3N3O2/c19-18(20,21)13-4-5-16(24-6-2-1-3-7-24)15(9-13)23-14-8-12(17(25)26)10-22-11-14/h4-5,8-11,23H,1-3,6-7H2,(H,25,26). The van der Waals surface area contributed by atoms with Crippen LogP contribution >= 0.6 is 0 Å². The number of pyridine rings is 1. The highest BCUT2D eigenvalue weighted by atomic mass is 19.4. The molecule has 2 heterocycles. The summed E-state index contributed by atoms with van der Waals surface area (Å²) in [5.74, 6) is -1.15.